The first-order valence-electron chi connectivity index (χ1n) is 7.14. The van der Waals surface area contributed by atoms with E-state index < -0.39 is 11.5 Å². The minimum absolute atomic E-state index is 0.217. The van der Waals surface area contributed by atoms with E-state index in [-0.39, 0.29) is 12.4 Å². The topological polar surface area (TPSA) is 46.6 Å². The summed E-state index contributed by atoms with van der Waals surface area (Å²) in [6, 6.07) is 9.27. The normalized spacial score (nSPS) is 20.1. The number of thiophene rings is 1. The number of anilines is 1. The Morgan fingerprint density at radius 2 is 2.14 bits per heavy atom. The second kappa shape index (κ2) is 5.25. The van der Waals surface area contributed by atoms with Crippen molar-refractivity contribution in [2.24, 2.45) is 0 Å². The van der Waals surface area contributed by atoms with Crippen LogP contribution < -0.4 is 4.90 Å². The molecule has 1 aliphatic rings. The Morgan fingerprint density at radius 3 is 2.77 bits per heavy atom. The van der Waals surface area contributed by atoms with E-state index >= 15 is 0 Å². The van der Waals surface area contributed by atoms with Crippen molar-refractivity contribution in [3.63, 3.8) is 0 Å². The van der Waals surface area contributed by atoms with Gasteiger partial charge in [0.05, 0.1) is 6.61 Å². The lowest BCUT2D eigenvalue weighted by Crippen LogP contribution is -2.52. The van der Waals surface area contributed by atoms with E-state index in [4.69, 9.17) is 4.74 Å². The van der Waals surface area contributed by atoms with Gasteiger partial charge in [-0.3, -0.25) is 4.79 Å². The van der Waals surface area contributed by atoms with E-state index in [1.54, 1.807) is 24.9 Å². The molecule has 1 aliphatic heterocycles. The summed E-state index contributed by atoms with van der Waals surface area (Å²) in [5.74, 6) is -0.732. The lowest BCUT2D eigenvalue weighted by atomic mass is 9.90. The number of Topliss-reactive ketones (excluding diaryl/α,β-unsaturated/α-hetero) is 1. The van der Waals surface area contributed by atoms with Crippen molar-refractivity contribution >= 4 is 28.8 Å². The van der Waals surface area contributed by atoms with Gasteiger partial charge in [0.1, 0.15) is 0 Å². The van der Waals surface area contributed by atoms with E-state index in [0.29, 0.717) is 10.4 Å². The van der Waals surface area contributed by atoms with Crippen molar-refractivity contribution in [3.8, 4) is 0 Å². The molecule has 4 nitrogen and oxygen atoms in total. The standard InChI is InChI=1S/C17H17NO3S/c1-4-21-16(20)17(14-6-5-9-22-14)15(19)12-8-7-11(2)10-13(12)18(17)3/h5-10H,4H2,1-3H3/t17-/m1/s1. The maximum atomic E-state index is 13.1. The highest BCUT2D eigenvalue weighted by atomic mass is 32.1. The van der Waals surface area contributed by atoms with Crippen LogP contribution in [-0.4, -0.2) is 25.4 Å². The summed E-state index contributed by atoms with van der Waals surface area (Å²) >= 11 is 1.39. The van der Waals surface area contributed by atoms with Gasteiger partial charge in [0, 0.05) is 23.2 Å². The van der Waals surface area contributed by atoms with E-state index in [1.807, 2.05) is 36.6 Å². The molecular formula is C17H17NO3S. The molecule has 0 saturated heterocycles. The minimum Gasteiger partial charge on any atom is -0.464 e. The van der Waals surface area contributed by atoms with Crippen molar-refractivity contribution in [1.29, 1.82) is 0 Å². The second-order valence-electron chi connectivity index (χ2n) is 5.32. The fourth-order valence-corrected chi connectivity index (χ4v) is 3.91. The first kappa shape index (κ1) is 14.8. The Bertz CT molecular complexity index is 738. The number of ether oxygens (including phenoxy) is 1. The Kier molecular flexibility index (Phi) is 3.53. The SMILES string of the molecule is CCOC(=O)[C@@]1(c2cccs2)C(=O)c2ccc(C)cc2N1C. The van der Waals surface area contributed by atoms with Crippen molar-refractivity contribution in [2.75, 3.05) is 18.6 Å². The second-order valence-corrected chi connectivity index (χ2v) is 6.26. The number of esters is 1. The van der Waals surface area contributed by atoms with Crippen LogP contribution in [0.1, 0.15) is 27.7 Å². The molecule has 0 fully saturated rings. The zero-order chi connectivity index (χ0) is 15.9. The molecule has 0 saturated carbocycles. The van der Waals surface area contributed by atoms with Crippen LogP contribution in [0.15, 0.2) is 35.7 Å². The number of rotatable bonds is 3. The third-order valence-electron chi connectivity index (χ3n) is 4.04. The number of aryl methyl sites for hydroxylation is 1. The first-order chi connectivity index (χ1) is 10.5. The Balaban J connectivity index is 2.24. The van der Waals surface area contributed by atoms with Crippen LogP contribution in [0, 0.1) is 6.92 Å². The summed E-state index contributed by atoms with van der Waals surface area (Å²) in [6.45, 7) is 3.95. The Morgan fingerprint density at radius 1 is 1.36 bits per heavy atom. The zero-order valence-electron chi connectivity index (χ0n) is 12.8. The fourth-order valence-electron chi connectivity index (χ4n) is 2.97. The number of nitrogens with zero attached hydrogens (tertiary/aromatic N) is 1. The van der Waals surface area contributed by atoms with Crippen LogP contribution in [-0.2, 0) is 15.1 Å². The summed E-state index contributed by atoms with van der Waals surface area (Å²) < 4.78 is 5.26. The van der Waals surface area contributed by atoms with Gasteiger partial charge in [-0.05, 0) is 43.0 Å². The van der Waals surface area contributed by atoms with Gasteiger partial charge >= 0.3 is 5.97 Å². The molecule has 1 aromatic carbocycles. The fraction of sp³-hybridized carbons (Fsp3) is 0.294. The van der Waals surface area contributed by atoms with Gasteiger partial charge in [-0.1, -0.05) is 12.1 Å². The average molecular weight is 315 g/mol. The molecule has 0 unspecified atom stereocenters. The number of carbonyl (C=O) groups is 2. The zero-order valence-corrected chi connectivity index (χ0v) is 13.6. The molecule has 0 N–H and O–H groups in total. The van der Waals surface area contributed by atoms with Gasteiger partial charge in [0.15, 0.2) is 0 Å². The number of ketones is 1. The summed E-state index contributed by atoms with van der Waals surface area (Å²) in [4.78, 5) is 28.3. The molecule has 1 atom stereocenters. The molecule has 22 heavy (non-hydrogen) atoms. The van der Waals surface area contributed by atoms with Gasteiger partial charge in [-0.25, -0.2) is 4.79 Å². The summed E-state index contributed by atoms with van der Waals surface area (Å²) in [6.07, 6.45) is 0. The van der Waals surface area contributed by atoms with E-state index in [9.17, 15) is 9.59 Å². The van der Waals surface area contributed by atoms with Crippen LogP contribution in [0.2, 0.25) is 0 Å². The Hall–Kier alpha value is -2.14. The number of fused-ring (bicyclic) bond motifs is 1. The van der Waals surface area contributed by atoms with Crippen LogP contribution in [0.5, 0.6) is 0 Å². The van der Waals surface area contributed by atoms with E-state index in [0.717, 1.165) is 11.3 Å². The van der Waals surface area contributed by atoms with Crippen molar-refractivity contribution in [1.82, 2.24) is 0 Å². The lowest BCUT2D eigenvalue weighted by molar-refractivity contribution is -0.147. The van der Waals surface area contributed by atoms with Gasteiger partial charge < -0.3 is 9.64 Å². The van der Waals surface area contributed by atoms with E-state index in [1.165, 1.54) is 11.3 Å². The summed E-state index contributed by atoms with van der Waals surface area (Å²) in [5.41, 5.74) is 0.977. The third kappa shape index (κ3) is 1.82. The van der Waals surface area contributed by atoms with Crippen LogP contribution in [0.4, 0.5) is 5.69 Å². The monoisotopic (exact) mass is 315 g/mol. The molecule has 114 valence electrons. The molecule has 0 spiro atoms. The molecule has 0 bridgehead atoms. The average Bonchev–Trinajstić information content (AvgIpc) is 3.08. The van der Waals surface area contributed by atoms with Gasteiger partial charge in [0.2, 0.25) is 11.3 Å². The highest BCUT2D eigenvalue weighted by Gasteiger charge is 2.58. The number of hydrogen-bond donors (Lipinski definition) is 0. The predicted molar refractivity (Wildman–Crippen MR) is 86.5 cm³/mol. The quantitative estimate of drug-likeness (QED) is 0.645. The smallest absolute Gasteiger partial charge is 0.345 e. The van der Waals surface area contributed by atoms with Crippen molar-refractivity contribution in [2.45, 2.75) is 19.4 Å². The van der Waals surface area contributed by atoms with E-state index in [2.05, 4.69) is 0 Å². The molecule has 0 amide bonds. The van der Waals surface area contributed by atoms with Crippen LogP contribution in [0.25, 0.3) is 0 Å². The van der Waals surface area contributed by atoms with Crippen molar-refractivity contribution in [3.05, 3.63) is 51.7 Å². The summed E-state index contributed by atoms with van der Waals surface area (Å²) in [7, 11) is 1.78. The van der Waals surface area contributed by atoms with Gasteiger partial charge in [-0.2, -0.15) is 0 Å². The number of likely N-dealkylation sites (N-methyl/N-ethyl adjacent to an activating group) is 1. The highest BCUT2D eigenvalue weighted by Crippen LogP contribution is 2.46. The third-order valence-corrected chi connectivity index (χ3v) is 5.02. The van der Waals surface area contributed by atoms with Crippen LogP contribution in [0.3, 0.4) is 0 Å². The summed E-state index contributed by atoms with van der Waals surface area (Å²) in [5, 5.41) is 1.87. The molecule has 1 aromatic heterocycles. The highest BCUT2D eigenvalue weighted by molar-refractivity contribution is 7.10. The molecular weight excluding hydrogens is 298 g/mol. The van der Waals surface area contributed by atoms with Gasteiger partial charge in [0.25, 0.3) is 0 Å². The number of carbonyl (C=O) groups excluding carboxylic acids is 2. The number of benzene rings is 1. The minimum atomic E-state index is -1.40. The molecule has 2 heterocycles. The predicted octanol–water partition coefficient (Wildman–Crippen LogP) is 3.15. The van der Waals surface area contributed by atoms with Gasteiger partial charge in [-0.15, -0.1) is 11.3 Å². The molecule has 0 aliphatic carbocycles. The maximum absolute atomic E-state index is 13.1. The molecule has 2 aromatic rings. The number of hydrogen-bond acceptors (Lipinski definition) is 5. The lowest BCUT2D eigenvalue weighted by Gasteiger charge is -2.32. The first-order valence-corrected chi connectivity index (χ1v) is 8.02. The maximum Gasteiger partial charge on any atom is 0.345 e. The molecule has 5 heteroatoms. The van der Waals surface area contributed by atoms with Crippen LogP contribution >= 0.6 is 11.3 Å². The molecule has 3 rings (SSSR count). The Labute approximate surface area is 133 Å². The largest absolute Gasteiger partial charge is 0.464 e. The molecule has 0 radical (unpaired) electrons. The van der Waals surface area contributed by atoms with Crippen molar-refractivity contribution < 1.29 is 14.3 Å².